The molecule has 3 fully saturated rings. The maximum Gasteiger partial charge on any atom is 0.243 e. The first-order valence-corrected chi connectivity index (χ1v) is 9.62. The first-order chi connectivity index (χ1) is 12.1. The zero-order valence-corrected chi connectivity index (χ0v) is 15.8. The van der Waals surface area contributed by atoms with Gasteiger partial charge in [0.15, 0.2) is 5.96 Å². The van der Waals surface area contributed by atoms with Crippen LogP contribution in [0.3, 0.4) is 0 Å². The number of guanidine groups is 1. The summed E-state index contributed by atoms with van der Waals surface area (Å²) >= 11 is 0. The van der Waals surface area contributed by atoms with Crippen molar-refractivity contribution in [2.45, 2.75) is 25.7 Å². The van der Waals surface area contributed by atoms with Gasteiger partial charge in [-0.15, -0.1) is 0 Å². The van der Waals surface area contributed by atoms with Crippen molar-refractivity contribution < 1.29 is 9.53 Å². The summed E-state index contributed by atoms with van der Waals surface area (Å²) in [4.78, 5) is 22.9. The van der Waals surface area contributed by atoms with E-state index in [1.165, 1.54) is 25.7 Å². The van der Waals surface area contributed by atoms with Crippen LogP contribution in [0.15, 0.2) is 4.99 Å². The fourth-order valence-electron chi connectivity index (χ4n) is 3.90. The van der Waals surface area contributed by atoms with Gasteiger partial charge in [0.2, 0.25) is 5.91 Å². The van der Waals surface area contributed by atoms with E-state index in [1.54, 1.807) is 19.0 Å². The van der Waals surface area contributed by atoms with Crippen LogP contribution in [0.1, 0.15) is 25.7 Å². The Morgan fingerprint density at radius 2 is 1.96 bits per heavy atom. The van der Waals surface area contributed by atoms with Crippen LogP contribution in [0.25, 0.3) is 0 Å². The van der Waals surface area contributed by atoms with Gasteiger partial charge in [0.05, 0.1) is 13.2 Å². The lowest BCUT2D eigenvalue weighted by molar-refractivity contribution is -0.127. The smallest absolute Gasteiger partial charge is 0.243 e. The minimum Gasteiger partial charge on any atom is -0.379 e. The molecule has 3 rings (SSSR count). The number of hydrogen-bond acceptors (Lipinski definition) is 4. The predicted octanol–water partition coefficient (Wildman–Crippen LogP) is 0.228. The van der Waals surface area contributed by atoms with Crippen molar-refractivity contribution in [3.63, 3.8) is 0 Å². The van der Waals surface area contributed by atoms with Crippen LogP contribution in [0.2, 0.25) is 0 Å². The number of nitrogens with zero attached hydrogens (tertiary/aromatic N) is 4. The molecule has 1 aliphatic carbocycles. The number of carbonyl (C=O) groups is 1. The van der Waals surface area contributed by atoms with Crippen LogP contribution in [-0.4, -0.2) is 99.7 Å². The quantitative estimate of drug-likeness (QED) is 0.568. The third-order valence-corrected chi connectivity index (χ3v) is 5.83. The maximum absolute atomic E-state index is 11.9. The van der Waals surface area contributed by atoms with Crippen molar-refractivity contribution >= 4 is 11.9 Å². The van der Waals surface area contributed by atoms with Gasteiger partial charge in [0.25, 0.3) is 0 Å². The molecule has 2 heterocycles. The summed E-state index contributed by atoms with van der Waals surface area (Å²) in [6.07, 6.45) is 5.32. The molecular formula is C18H33N5O2. The minimum atomic E-state index is 0.0463. The van der Waals surface area contributed by atoms with Crippen LogP contribution in [0.4, 0.5) is 0 Å². The molecule has 2 aliphatic heterocycles. The number of amides is 1. The van der Waals surface area contributed by atoms with E-state index in [4.69, 9.17) is 4.74 Å². The van der Waals surface area contributed by atoms with Gasteiger partial charge in [-0.25, -0.2) is 4.99 Å². The molecule has 1 N–H and O–H groups in total. The molecule has 25 heavy (non-hydrogen) atoms. The van der Waals surface area contributed by atoms with E-state index >= 15 is 0 Å². The highest BCUT2D eigenvalue weighted by molar-refractivity contribution is 5.85. The summed E-state index contributed by atoms with van der Waals surface area (Å²) in [7, 11) is 3.56. The predicted molar refractivity (Wildman–Crippen MR) is 98.7 cm³/mol. The largest absolute Gasteiger partial charge is 0.379 e. The molecule has 0 aromatic heterocycles. The van der Waals surface area contributed by atoms with Gasteiger partial charge >= 0.3 is 0 Å². The van der Waals surface area contributed by atoms with E-state index in [2.05, 4.69) is 20.1 Å². The normalized spacial score (nSPS) is 23.6. The molecule has 7 nitrogen and oxygen atoms in total. The third-order valence-electron chi connectivity index (χ3n) is 5.83. The second-order valence-corrected chi connectivity index (χ2v) is 7.83. The topological polar surface area (TPSA) is 60.4 Å². The van der Waals surface area contributed by atoms with E-state index in [-0.39, 0.29) is 12.5 Å². The van der Waals surface area contributed by atoms with Gasteiger partial charge in [-0.3, -0.25) is 9.69 Å². The number of nitrogens with one attached hydrogen (secondary N) is 1. The Hall–Kier alpha value is -1.34. The number of hydrogen-bond donors (Lipinski definition) is 1. The van der Waals surface area contributed by atoms with Gasteiger partial charge < -0.3 is 19.9 Å². The van der Waals surface area contributed by atoms with Crippen molar-refractivity contribution in [1.82, 2.24) is 20.0 Å². The fraction of sp³-hybridized carbons (Fsp3) is 0.889. The number of morpholine rings is 1. The van der Waals surface area contributed by atoms with Gasteiger partial charge in [-0.1, -0.05) is 6.42 Å². The molecule has 0 radical (unpaired) electrons. The van der Waals surface area contributed by atoms with Gasteiger partial charge in [-0.05, 0) is 24.7 Å². The van der Waals surface area contributed by atoms with Crippen molar-refractivity contribution in [2.75, 3.05) is 73.1 Å². The third kappa shape index (κ3) is 4.85. The molecule has 0 bridgehead atoms. The first kappa shape index (κ1) is 18.5. The van der Waals surface area contributed by atoms with Crippen molar-refractivity contribution in [1.29, 1.82) is 0 Å². The van der Waals surface area contributed by atoms with Crippen molar-refractivity contribution in [3.8, 4) is 0 Å². The SMILES string of the molecule is CN(C)C(=O)CN=C(NCCN1CCOCC1)N1CCC2(CCC2)C1. The molecule has 2 saturated heterocycles. The highest BCUT2D eigenvalue weighted by atomic mass is 16.5. The molecule has 0 aromatic carbocycles. The van der Waals surface area contributed by atoms with E-state index in [1.807, 2.05) is 0 Å². The Labute approximate surface area is 151 Å². The second kappa shape index (κ2) is 8.36. The second-order valence-electron chi connectivity index (χ2n) is 7.83. The number of likely N-dealkylation sites (tertiary alicyclic amines) is 1. The average molecular weight is 351 g/mol. The monoisotopic (exact) mass is 351 g/mol. The van der Waals surface area contributed by atoms with Gasteiger partial charge in [0.1, 0.15) is 6.54 Å². The Morgan fingerprint density at radius 1 is 1.20 bits per heavy atom. The number of likely N-dealkylation sites (N-methyl/N-ethyl adjacent to an activating group) is 1. The van der Waals surface area contributed by atoms with Crippen LogP contribution >= 0.6 is 0 Å². The lowest BCUT2D eigenvalue weighted by Crippen LogP contribution is -2.46. The Bertz CT molecular complexity index is 484. The van der Waals surface area contributed by atoms with E-state index < -0.39 is 0 Å². The summed E-state index contributed by atoms with van der Waals surface area (Å²) in [5.41, 5.74) is 0.526. The van der Waals surface area contributed by atoms with Crippen LogP contribution in [-0.2, 0) is 9.53 Å². The lowest BCUT2D eigenvalue weighted by Gasteiger charge is -2.38. The Morgan fingerprint density at radius 3 is 2.56 bits per heavy atom. The Balaban J connectivity index is 1.54. The Kier molecular flexibility index (Phi) is 6.17. The molecule has 0 unspecified atom stereocenters. The average Bonchev–Trinajstić information content (AvgIpc) is 3.04. The standard InChI is InChI=1S/C18H33N5O2/c1-21(2)16(24)14-20-17(19-7-9-22-10-12-25-13-11-22)23-8-6-18(15-23)4-3-5-18/h3-15H2,1-2H3,(H,19,20). The molecule has 7 heteroatoms. The van der Waals surface area contributed by atoms with E-state index in [0.29, 0.717) is 5.41 Å². The summed E-state index contributed by atoms with van der Waals surface area (Å²) in [5, 5.41) is 3.51. The molecule has 1 saturated carbocycles. The molecule has 0 atom stereocenters. The molecule has 1 spiro atoms. The molecule has 0 aromatic rings. The van der Waals surface area contributed by atoms with Crippen molar-refractivity contribution in [2.24, 2.45) is 10.4 Å². The summed E-state index contributed by atoms with van der Waals surface area (Å²) in [6, 6.07) is 0. The molecule has 1 amide bonds. The fourth-order valence-corrected chi connectivity index (χ4v) is 3.90. The number of aliphatic imine (C=N–C) groups is 1. The summed E-state index contributed by atoms with van der Waals surface area (Å²) in [5.74, 6) is 0.956. The summed E-state index contributed by atoms with van der Waals surface area (Å²) in [6.45, 7) is 7.87. The van der Waals surface area contributed by atoms with E-state index in [9.17, 15) is 4.79 Å². The number of ether oxygens (including phenoxy) is 1. The van der Waals surface area contributed by atoms with Crippen molar-refractivity contribution in [3.05, 3.63) is 0 Å². The first-order valence-electron chi connectivity index (χ1n) is 9.62. The highest BCUT2D eigenvalue weighted by Gasteiger charge is 2.43. The lowest BCUT2D eigenvalue weighted by atomic mass is 9.68. The maximum atomic E-state index is 11.9. The van der Waals surface area contributed by atoms with Gasteiger partial charge in [0, 0.05) is 53.4 Å². The zero-order valence-electron chi connectivity index (χ0n) is 15.8. The minimum absolute atomic E-state index is 0.0463. The van der Waals surface area contributed by atoms with Crippen LogP contribution in [0.5, 0.6) is 0 Å². The highest BCUT2D eigenvalue weighted by Crippen LogP contribution is 2.47. The summed E-state index contributed by atoms with van der Waals surface area (Å²) < 4.78 is 5.40. The number of rotatable bonds is 5. The van der Waals surface area contributed by atoms with E-state index in [0.717, 1.165) is 58.4 Å². The van der Waals surface area contributed by atoms with Gasteiger partial charge in [-0.2, -0.15) is 0 Å². The van der Waals surface area contributed by atoms with Crippen LogP contribution < -0.4 is 5.32 Å². The zero-order chi connectivity index (χ0) is 17.7. The number of carbonyl (C=O) groups excluding carboxylic acids is 1. The molecular weight excluding hydrogens is 318 g/mol. The molecule has 3 aliphatic rings. The van der Waals surface area contributed by atoms with Crippen LogP contribution in [0, 0.1) is 5.41 Å². The molecule has 142 valence electrons.